The van der Waals surface area contributed by atoms with Crippen LogP contribution in [0.15, 0.2) is 40.9 Å². The molecule has 0 aliphatic rings. The molecule has 0 spiro atoms. The summed E-state index contributed by atoms with van der Waals surface area (Å²) >= 11 is 3.44. The summed E-state index contributed by atoms with van der Waals surface area (Å²) in [6.45, 7) is 0.566. The van der Waals surface area contributed by atoms with Gasteiger partial charge in [-0.1, -0.05) is 15.9 Å². The molecule has 0 amide bonds. The lowest BCUT2D eigenvalue weighted by atomic mass is 10.1. The van der Waals surface area contributed by atoms with E-state index in [1.807, 2.05) is 30.1 Å². The van der Waals surface area contributed by atoms with Crippen LogP contribution in [0.3, 0.4) is 0 Å². The summed E-state index contributed by atoms with van der Waals surface area (Å²) < 4.78 is 19.6. The molecular formula is C15H16BrFN2O. The van der Waals surface area contributed by atoms with E-state index in [0.717, 1.165) is 15.8 Å². The Labute approximate surface area is 126 Å². The summed E-state index contributed by atoms with van der Waals surface area (Å²) in [6.07, 6.45) is 0. The highest BCUT2D eigenvalue weighted by Gasteiger charge is 2.11. The molecular weight excluding hydrogens is 323 g/mol. The molecule has 0 saturated heterocycles. The fourth-order valence-electron chi connectivity index (χ4n) is 2.06. The van der Waals surface area contributed by atoms with Crippen molar-refractivity contribution in [3.63, 3.8) is 0 Å². The van der Waals surface area contributed by atoms with Gasteiger partial charge >= 0.3 is 0 Å². The van der Waals surface area contributed by atoms with E-state index in [-0.39, 0.29) is 5.82 Å². The topological polar surface area (TPSA) is 38.5 Å². The Morgan fingerprint density at radius 1 is 1.25 bits per heavy atom. The molecule has 0 aliphatic heterocycles. The lowest BCUT2D eigenvalue weighted by Gasteiger charge is -2.22. The average molecular weight is 339 g/mol. The minimum atomic E-state index is -0.303. The molecule has 0 aliphatic carbocycles. The molecule has 3 nitrogen and oxygen atoms in total. The van der Waals surface area contributed by atoms with E-state index in [2.05, 4.69) is 15.9 Å². The molecule has 2 aromatic carbocycles. The number of methoxy groups -OCH3 is 1. The molecule has 5 heteroatoms. The molecule has 20 heavy (non-hydrogen) atoms. The summed E-state index contributed by atoms with van der Waals surface area (Å²) in [4.78, 5) is 1.89. The van der Waals surface area contributed by atoms with Crippen molar-refractivity contribution in [3.8, 4) is 5.75 Å². The third-order valence-corrected chi connectivity index (χ3v) is 3.55. The lowest BCUT2D eigenvalue weighted by Crippen LogP contribution is -2.18. The van der Waals surface area contributed by atoms with E-state index in [1.54, 1.807) is 13.2 Å². The molecule has 2 rings (SSSR count). The van der Waals surface area contributed by atoms with E-state index < -0.39 is 0 Å². The van der Waals surface area contributed by atoms with Gasteiger partial charge in [-0.15, -0.1) is 0 Å². The fourth-order valence-corrected chi connectivity index (χ4v) is 2.47. The van der Waals surface area contributed by atoms with Crippen molar-refractivity contribution in [2.75, 3.05) is 24.8 Å². The zero-order valence-corrected chi connectivity index (χ0v) is 12.9. The van der Waals surface area contributed by atoms with Crippen LogP contribution in [-0.4, -0.2) is 14.2 Å². The Morgan fingerprint density at radius 3 is 2.70 bits per heavy atom. The van der Waals surface area contributed by atoms with Crippen LogP contribution in [-0.2, 0) is 6.54 Å². The van der Waals surface area contributed by atoms with Crippen LogP contribution in [0.2, 0.25) is 0 Å². The van der Waals surface area contributed by atoms with Crippen LogP contribution in [0.5, 0.6) is 5.75 Å². The highest BCUT2D eigenvalue weighted by Crippen LogP contribution is 2.28. The summed E-state index contributed by atoms with van der Waals surface area (Å²) in [5.41, 5.74) is 8.09. The third kappa shape index (κ3) is 3.22. The van der Waals surface area contributed by atoms with Gasteiger partial charge in [-0.05, 0) is 36.4 Å². The van der Waals surface area contributed by atoms with Crippen LogP contribution in [0.1, 0.15) is 5.56 Å². The van der Waals surface area contributed by atoms with E-state index in [9.17, 15) is 4.39 Å². The van der Waals surface area contributed by atoms with Gasteiger partial charge in [-0.2, -0.15) is 0 Å². The van der Waals surface area contributed by atoms with Crippen molar-refractivity contribution in [1.82, 2.24) is 0 Å². The second-order valence-corrected chi connectivity index (χ2v) is 5.43. The Kier molecular flexibility index (Phi) is 4.49. The Bertz CT molecular complexity index is 619. The smallest absolute Gasteiger partial charge is 0.125 e. The highest BCUT2D eigenvalue weighted by molar-refractivity contribution is 9.10. The van der Waals surface area contributed by atoms with Gasteiger partial charge in [0.2, 0.25) is 0 Å². The predicted molar refractivity (Wildman–Crippen MR) is 83.6 cm³/mol. The third-order valence-electron chi connectivity index (χ3n) is 3.05. The number of benzene rings is 2. The molecule has 106 valence electrons. The van der Waals surface area contributed by atoms with Gasteiger partial charge in [-0.3, -0.25) is 0 Å². The normalized spacial score (nSPS) is 10.4. The summed E-state index contributed by atoms with van der Waals surface area (Å²) in [5, 5.41) is 0. The van der Waals surface area contributed by atoms with Gasteiger partial charge in [-0.25, -0.2) is 4.39 Å². The number of rotatable bonds is 4. The van der Waals surface area contributed by atoms with Crippen LogP contribution in [0.25, 0.3) is 0 Å². The second kappa shape index (κ2) is 6.13. The lowest BCUT2D eigenvalue weighted by molar-refractivity contribution is 0.409. The average Bonchev–Trinajstić information content (AvgIpc) is 2.41. The van der Waals surface area contributed by atoms with Crippen LogP contribution in [0, 0.1) is 5.82 Å². The van der Waals surface area contributed by atoms with Crippen molar-refractivity contribution in [1.29, 1.82) is 0 Å². The second-order valence-electron chi connectivity index (χ2n) is 4.52. The minimum absolute atomic E-state index is 0.303. The van der Waals surface area contributed by atoms with E-state index in [1.165, 1.54) is 12.1 Å². The number of halogens is 2. The number of nitrogens with two attached hydrogens (primary N) is 1. The first-order valence-corrected chi connectivity index (χ1v) is 6.89. The maximum Gasteiger partial charge on any atom is 0.125 e. The van der Waals surface area contributed by atoms with Gasteiger partial charge in [0.25, 0.3) is 0 Å². The zero-order chi connectivity index (χ0) is 14.7. The fraction of sp³-hybridized carbons (Fsp3) is 0.200. The number of hydrogen-bond acceptors (Lipinski definition) is 3. The Hall–Kier alpha value is -1.75. The molecule has 0 fully saturated rings. The van der Waals surface area contributed by atoms with Gasteiger partial charge < -0.3 is 15.4 Å². The largest absolute Gasteiger partial charge is 0.496 e. The van der Waals surface area contributed by atoms with Gasteiger partial charge in [0.05, 0.1) is 18.5 Å². The molecule has 0 bridgehead atoms. The first kappa shape index (κ1) is 14.7. The molecule has 0 saturated carbocycles. The Morgan fingerprint density at radius 2 is 2.00 bits per heavy atom. The SMILES string of the molecule is COc1ccc(Br)cc1CN(C)c1cc(F)ccc1N. The van der Waals surface area contributed by atoms with Crippen LogP contribution < -0.4 is 15.4 Å². The number of nitrogens with zero attached hydrogens (tertiary/aromatic N) is 1. The molecule has 2 aromatic rings. The van der Waals surface area contributed by atoms with Crippen molar-refractivity contribution in [3.05, 3.63) is 52.3 Å². The van der Waals surface area contributed by atoms with E-state index >= 15 is 0 Å². The summed E-state index contributed by atoms with van der Waals surface area (Å²) in [5.74, 6) is 0.484. The van der Waals surface area contributed by atoms with Gasteiger partial charge in [0, 0.05) is 23.6 Å². The quantitative estimate of drug-likeness (QED) is 0.861. The van der Waals surface area contributed by atoms with Crippen molar-refractivity contribution in [2.45, 2.75) is 6.54 Å². The summed E-state index contributed by atoms with van der Waals surface area (Å²) in [7, 11) is 3.49. The number of anilines is 2. The monoisotopic (exact) mass is 338 g/mol. The Balaban J connectivity index is 2.29. The first-order chi connectivity index (χ1) is 9.51. The maximum atomic E-state index is 13.3. The van der Waals surface area contributed by atoms with Gasteiger partial charge in [0.1, 0.15) is 11.6 Å². The van der Waals surface area contributed by atoms with E-state index in [4.69, 9.17) is 10.5 Å². The highest BCUT2D eigenvalue weighted by atomic mass is 79.9. The molecule has 0 aromatic heterocycles. The first-order valence-electron chi connectivity index (χ1n) is 6.10. The zero-order valence-electron chi connectivity index (χ0n) is 11.4. The van der Waals surface area contributed by atoms with Crippen molar-refractivity contribution < 1.29 is 9.13 Å². The molecule has 0 radical (unpaired) electrons. The molecule has 0 heterocycles. The van der Waals surface area contributed by atoms with Crippen molar-refractivity contribution in [2.24, 2.45) is 0 Å². The molecule has 2 N–H and O–H groups in total. The van der Waals surface area contributed by atoms with Gasteiger partial charge in [0.15, 0.2) is 0 Å². The predicted octanol–water partition coefficient (Wildman–Crippen LogP) is 3.82. The van der Waals surface area contributed by atoms with Crippen LogP contribution in [0.4, 0.5) is 15.8 Å². The number of nitrogen functional groups attached to an aromatic ring is 1. The van der Waals surface area contributed by atoms with Crippen LogP contribution >= 0.6 is 15.9 Å². The standard InChI is InChI=1S/C15H16BrFN2O/c1-19(14-8-12(17)4-5-13(14)18)9-10-7-11(16)3-6-15(10)20-2/h3-8H,9,18H2,1-2H3. The summed E-state index contributed by atoms with van der Waals surface area (Å²) in [6, 6.07) is 10.1. The maximum absolute atomic E-state index is 13.3. The van der Waals surface area contributed by atoms with E-state index in [0.29, 0.717) is 17.9 Å². The number of ether oxygens (including phenoxy) is 1. The number of hydrogen-bond donors (Lipinski definition) is 1. The molecule has 0 atom stereocenters. The van der Waals surface area contributed by atoms with Crippen molar-refractivity contribution >= 4 is 27.3 Å². The molecule has 0 unspecified atom stereocenters. The minimum Gasteiger partial charge on any atom is -0.496 e.